The minimum absolute atomic E-state index is 0.119. The van der Waals surface area contributed by atoms with E-state index in [9.17, 15) is 9.90 Å². The van der Waals surface area contributed by atoms with Crippen molar-refractivity contribution < 1.29 is 14.6 Å². The van der Waals surface area contributed by atoms with Gasteiger partial charge in [0.05, 0.1) is 7.11 Å². The van der Waals surface area contributed by atoms with Crippen molar-refractivity contribution >= 4 is 5.78 Å². The number of carbonyl (C=O) groups is 1. The number of ether oxygens (including phenoxy) is 1. The molecule has 0 saturated carbocycles. The van der Waals surface area contributed by atoms with Crippen LogP contribution in [0.1, 0.15) is 18.9 Å². The topological polar surface area (TPSA) is 46.5 Å². The van der Waals surface area contributed by atoms with Crippen LogP contribution in [0.2, 0.25) is 0 Å². The highest BCUT2D eigenvalue weighted by molar-refractivity contribution is 5.75. The second kappa shape index (κ2) is 4.65. The molecule has 0 saturated heterocycles. The van der Waals surface area contributed by atoms with Gasteiger partial charge in [-0.1, -0.05) is 6.07 Å². The molecule has 14 heavy (non-hydrogen) atoms. The third-order valence-corrected chi connectivity index (χ3v) is 2.01. The lowest BCUT2D eigenvalue weighted by Gasteiger charge is -2.05. The third kappa shape index (κ3) is 2.76. The first-order valence-electron chi connectivity index (χ1n) is 4.49. The first kappa shape index (κ1) is 10.6. The lowest BCUT2D eigenvalue weighted by molar-refractivity contribution is -0.116. The second-order valence-electron chi connectivity index (χ2n) is 3.21. The van der Waals surface area contributed by atoms with E-state index in [-0.39, 0.29) is 11.5 Å². The molecule has 0 aliphatic rings. The maximum Gasteiger partial charge on any atom is 0.160 e. The van der Waals surface area contributed by atoms with Gasteiger partial charge in [-0.15, -0.1) is 0 Å². The third-order valence-electron chi connectivity index (χ3n) is 2.01. The molecule has 0 aliphatic carbocycles. The quantitative estimate of drug-likeness (QED) is 0.796. The van der Waals surface area contributed by atoms with Crippen molar-refractivity contribution in [1.29, 1.82) is 0 Å². The van der Waals surface area contributed by atoms with Crippen LogP contribution in [0.3, 0.4) is 0 Å². The molecule has 1 aromatic carbocycles. The van der Waals surface area contributed by atoms with Crippen molar-refractivity contribution in [3.63, 3.8) is 0 Å². The summed E-state index contributed by atoms with van der Waals surface area (Å²) in [5, 5.41) is 9.45. The Morgan fingerprint density at radius 1 is 1.50 bits per heavy atom. The number of aromatic hydroxyl groups is 1. The highest BCUT2D eigenvalue weighted by Crippen LogP contribution is 2.26. The van der Waals surface area contributed by atoms with E-state index < -0.39 is 0 Å². The fourth-order valence-electron chi connectivity index (χ4n) is 1.21. The Morgan fingerprint density at radius 2 is 2.21 bits per heavy atom. The molecule has 0 aromatic heterocycles. The van der Waals surface area contributed by atoms with E-state index in [1.807, 2.05) is 6.07 Å². The minimum atomic E-state index is 0.119. The van der Waals surface area contributed by atoms with Crippen molar-refractivity contribution in [3.05, 3.63) is 23.8 Å². The van der Waals surface area contributed by atoms with Gasteiger partial charge in [-0.3, -0.25) is 0 Å². The van der Waals surface area contributed by atoms with E-state index in [0.717, 1.165) is 5.56 Å². The molecule has 3 heteroatoms. The first-order chi connectivity index (χ1) is 6.63. The van der Waals surface area contributed by atoms with Gasteiger partial charge >= 0.3 is 0 Å². The molecule has 1 aromatic rings. The van der Waals surface area contributed by atoms with Crippen LogP contribution in [0.4, 0.5) is 0 Å². The molecule has 0 unspecified atom stereocenters. The molecule has 1 N–H and O–H groups in total. The summed E-state index contributed by atoms with van der Waals surface area (Å²) in [6.45, 7) is 1.56. The summed E-state index contributed by atoms with van der Waals surface area (Å²) in [6.07, 6.45) is 1.17. The Balaban J connectivity index is 2.71. The lowest BCUT2D eigenvalue weighted by Crippen LogP contribution is -1.94. The van der Waals surface area contributed by atoms with Crippen LogP contribution >= 0.6 is 0 Å². The second-order valence-corrected chi connectivity index (χ2v) is 3.21. The van der Waals surface area contributed by atoms with E-state index in [1.165, 1.54) is 7.11 Å². The molecule has 3 nitrogen and oxygen atoms in total. The highest BCUT2D eigenvalue weighted by Gasteiger charge is 2.03. The summed E-state index contributed by atoms with van der Waals surface area (Å²) >= 11 is 0. The normalized spacial score (nSPS) is 9.86. The SMILES string of the molecule is COc1ccc(CCC(C)=O)cc1O. The van der Waals surface area contributed by atoms with Gasteiger partial charge in [0, 0.05) is 6.42 Å². The maximum atomic E-state index is 10.7. The Kier molecular flexibility index (Phi) is 3.51. The molecule has 0 atom stereocenters. The molecule has 76 valence electrons. The van der Waals surface area contributed by atoms with E-state index in [2.05, 4.69) is 0 Å². The first-order valence-corrected chi connectivity index (χ1v) is 4.49. The molecule has 0 radical (unpaired) electrons. The molecule has 0 aliphatic heterocycles. The smallest absolute Gasteiger partial charge is 0.160 e. The summed E-state index contributed by atoms with van der Waals surface area (Å²) in [5.41, 5.74) is 0.943. The van der Waals surface area contributed by atoms with Gasteiger partial charge in [0.2, 0.25) is 0 Å². The maximum absolute atomic E-state index is 10.7. The number of benzene rings is 1. The van der Waals surface area contributed by atoms with Crippen LogP contribution in [0, 0.1) is 0 Å². The van der Waals surface area contributed by atoms with Crippen LogP contribution in [-0.4, -0.2) is 18.0 Å². The lowest BCUT2D eigenvalue weighted by atomic mass is 10.1. The summed E-state index contributed by atoms with van der Waals surface area (Å²) in [7, 11) is 1.50. The fourth-order valence-corrected chi connectivity index (χ4v) is 1.21. The Labute approximate surface area is 83.3 Å². The summed E-state index contributed by atoms with van der Waals surface area (Å²) in [5.74, 6) is 0.727. The van der Waals surface area contributed by atoms with Crippen LogP contribution in [-0.2, 0) is 11.2 Å². The average molecular weight is 194 g/mol. The Morgan fingerprint density at radius 3 is 2.71 bits per heavy atom. The largest absolute Gasteiger partial charge is 0.504 e. The number of phenols is 1. The van der Waals surface area contributed by atoms with Crippen molar-refractivity contribution in [2.24, 2.45) is 0 Å². The average Bonchev–Trinajstić information content (AvgIpc) is 2.15. The molecule has 0 bridgehead atoms. The van der Waals surface area contributed by atoms with Crippen molar-refractivity contribution in [2.75, 3.05) is 7.11 Å². The predicted octanol–water partition coefficient (Wildman–Crippen LogP) is 1.92. The number of ketones is 1. The number of Topliss-reactive ketones (excluding diaryl/α,β-unsaturated/α-hetero) is 1. The zero-order valence-electron chi connectivity index (χ0n) is 8.41. The molecule has 0 spiro atoms. The van der Waals surface area contributed by atoms with Gasteiger partial charge in [-0.25, -0.2) is 0 Å². The van der Waals surface area contributed by atoms with E-state index >= 15 is 0 Å². The van der Waals surface area contributed by atoms with E-state index in [1.54, 1.807) is 19.1 Å². The molecule has 0 amide bonds. The monoisotopic (exact) mass is 194 g/mol. The number of hydrogen-bond acceptors (Lipinski definition) is 3. The van der Waals surface area contributed by atoms with Crippen LogP contribution < -0.4 is 4.74 Å². The highest BCUT2D eigenvalue weighted by atomic mass is 16.5. The zero-order chi connectivity index (χ0) is 10.6. The van der Waals surface area contributed by atoms with Crippen molar-refractivity contribution in [3.8, 4) is 11.5 Å². The minimum Gasteiger partial charge on any atom is -0.504 e. The predicted molar refractivity (Wildman–Crippen MR) is 53.7 cm³/mol. The molecule has 1 rings (SSSR count). The van der Waals surface area contributed by atoms with Crippen molar-refractivity contribution in [2.45, 2.75) is 19.8 Å². The number of methoxy groups -OCH3 is 1. The summed E-state index contributed by atoms with van der Waals surface area (Å²) < 4.78 is 4.91. The van der Waals surface area contributed by atoms with Crippen LogP contribution in [0.15, 0.2) is 18.2 Å². The van der Waals surface area contributed by atoms with E-state index in [4.69, 9.17) is 4.74 Å². The summed E-state index contributed by atoms with van der Waals surface area (Å²) in [6, 6.07) is 5.17. The van der Waals surface area contributed by atoms with Crippen molar-refractivity contribution in [1.82, 2.24) is 0 Å². The Bertz CT molecular complexity index is 331. The van der Waals surface area contributed by atoms with Crippen LogP contribution in [0.5, 0.6) is 11.5 Å². The molecular formula is C11H14O3. The number of rotatable bonds is 4. The van der Waals surface area contributed by atoms with Gasteiger partial charge in [0.1, 0.15) is 5.78 Å². The number of phenolic OH excluding ortho intramolecular Hbond substituents is 1. The van der Waals surface area contributed by atoms with Gasteiger partial charge in [0.25, 0.3) is 0 Å². The zero-order valence-corrected chi connectivity index (χ0v) is 8.41. The van der Waals surface area contributed by atoms with Gasteiger partial charge < -0.3 is 14.6 Å². The standard InChI is InChI=1S/C11H14O3/c1-8(12)3-4-9-5-6-11(14-2)10(13)7-9/h5-7,13H,3-4H2,1-2H3. The number of carbonyl (C=O) groups excluding carboxylic acids is 1. The molecule has 0 heterocycles. The Hall–Kier alpha value is -1.51. The number of hydrogen-bond donors (Lipinski definition) is 1. The molecular weight excluding hydrogens is 180 g/mol. The molecule has 0 fully saturated rings. The number of aryl methyl sites for hydroxylation is 1. The fraction of sp³-hybridized carbons (Fsp3) is 0.364. The summed E-state index contributed by atoms with van der Waals surface area (Å²) in [4.78, 5) is 10.7. The van der Waals surface area contributed by atoms with Crippen LogP contribution in [0.25, 0.3) is 0 Å². The van der Waals surface area contributed by atoms with Gasteiger partial charge in [-0.2, -0.15) is 0 Å². The van der Waals surface area contributed by atoms with E-state index in [0.29, 0.717) is 18.6 Å². The van der Waals surface area contributed by atoms with Gasteiger partial charge in [-0.05, 0) is 31.0 Å². The van der Waals surface area contributed by atoms with Gasteiger partial charge in [0.15, 0.2) is 11.5 Å².